The summed E-state index contributed by atoms with van der Waals surface area (Å²) >= 11 is 0. The predicted molar refractivity (Wildman–Crippen MR) is 80.5 cm³/mol. The van der Waals surface area contributed by atoms with Crippen molar-refractivity contribution in [2.75, 3.05) is 6.54 Å². The highest BCUT2D eigenvalue weighted by atomic mass is 28.4. The van der Waals surface area contributed by atoms with Gasteiger partial charge >= 0.3 is 0 Å². The lowest BCUT2D eigenvalue weighted by molar-refractivity contribution is -0.162. The van der Waals surface area contributed by atoms with E-state index in [0.717, 1.165) is 13.0 Å². The molecule has 4 heteroatoms. The number of fused-ring (bicyclic) bond motifs is 1. The average Bonchev–Trinajstić information content (AvgIpc) is 2.26. The zero-order valence-electron chi connectivity index (χ0n) is 13.1. The first-order chi connectivity index (χ1) is 8.65. The van der Waals surface area contributed by atoms with Crippen molar-refractivity contribution in [3.05, 3.63) is 12.2 Å². The van der Waals surface area contributed by atoms with Crippen LogP contribution in [0.1, 0.15) is 34.1 Å². The topological polar surface area (TPSA) is 29.5 Å². The maximum atomic E-state index is 12.2. The van der Waals surface area contributed by atoms with E-state index in [1.54, 1.807) is 0 Å². The maximum Gasteiger partial charge on any atom is 0.230 e. The summed E-state index contributed by atoms with van der Waals surface area (Å²) < 4.78 is 6.39. The van der Waals surface area contributed by atoms with Crippen LogP contribution >= 0.6 is 0 Å². The smallest absolute Gasteiger partial charge is 0.230 e. The van der Waals surface area contributed by atoms with E-state index in [2.05, 4.69) is 52.9 Å². The number of nitrogens with zero attached hydrogens (tertiary/aromatic N) is 1. The van der Waals surface area contributed by atoms with Crippen molar-refractivity contribution >= 4 is 14.2 Å². The number of amides is 1. The van der Waals surface area contributed by atoms with Crippen molar-refractivity contribution in [1.82, 2.24) is 4.90 Å². The lowest BCUT2D eigenvalue weighted by atomic mass is 9.80. The van der Waals surface area contributed by atoms with E-state index >= 15 is 0 Å². The Morgan fingerprint density at radius 1 is 1.37 bits per heavy atom. The molecule has 108 valence electrons. The molecular formula is C15H27NO2Si. The van der Waals surface area contributed by atoms with Gasteiger partial charge in [-0.25, -0.2) is 0 Å². The number of carbonyl (C=O) groups is 1. The number of carbonyl (C=O) groups excluding carboxylic acids is 1. The molecule has 0 aromatic heterocycles. The van der Waals surface area contributed by atoms with Gasteiger partial charge in [-0.05, 0) is 31.5 Å². The van der Waals surface area contributed by atoms with Gasteiger partial charge in [-0.3, -0.25) is 4.79 Å². The van der Waals surface area contributed by atoms with Gasteiger partial charge in [0.2, 0.25) is 5.91 Å². The zero-order chi connectivity index (χ0) is 14.4. The Bertz CT molecular complexity index is 397. The Labute approximate surface area is 118 Å². The molecule has 1 fully saturated rings. The van der Waals surface area contributed by atoms with Crippen molar-refractivity contribution in [1.29, 1.82) is 0 Å². The van der Waals surface area contributed by atoms with Crippen LogP contribution in [-0.2, 0) is 9.22 Å². The zero-order valence-corrected chi connectivity index (χ0v) is 14.1. The molecule has 3 atom stereocenters. The Hall–Kier alpha value is -0.613. The van der Waals surface area contributed by atoms with E-state index < -0.39 is 8.32 Å². The number of rotatable bonds is 3. The van der Waals surface area contributed by atoms with E-state index in [-0.39, 0.29) is 23.0 Å². The highest BCUT2D eigenvalue weighted by Gasteiger charge is 2.51. The molecule has 0 radical (unpaired) electrons. The molecule has 2 rings (SSSR count). The summed E-state index contributed by atoms with van der Waals surface area (Å²) in [6.07, 6.45) is 5.31. The van der Waals surface area contributed by atoms with Crippen LogP contribution in [0.5, 0.6) is 0 Å². The second kappa shape index (κ2) is 4.74. The monoisotopic (exact) mass is 281 g/mol. The minimum atomic E-state index is -1.79. The van der Waals surface area contributed by atoms with Gasteiger partial charge in [0.1, 0.15) is 0 Å². The van der Waals surface area contributed by atoms with Crippen LogP contribution in [0, 0.1) is 5.92 Å². The highest BCUT2D eigenvalue weighted by Crippen LogP contribution is 2.41. The van der Waals surface area contributed by atoms with Crippen molar-refractivity contribution in [2.45, 2.75) is 64.4 Å². The molecule has 0 aromatic carbocycles. The molecule has 3 nitrogen and oxygen atoms in total. The molecule has 1 saturated heterocycles. The van der Waals surface area contributed by atoms with Crippen molar-refractivity contribution in [2.24, 2.45) is 5.92 Å². The number of hydrogen-bond acceptors (Lipinski definition) is 2. The van der Waals surface area contributed by atoms with Gasteiger partial charge in [0.05, 0.1) is 12.0 Å². The fourth-order valence-corrected chi connectivity index (χ4v) is 4.21. The predicted octanol–water partition coefficient (Wildman–Crippen LogP) is 3.18. The molecule has 2 aliphatic rings. The van der Waals surface area contributed by atoms with Gasteiger partial charge in [0.15, 0.2) is 8.32 Å². The van der Waals surface area contributed by atoms with Crippen LogP contribution in [0.3, 0.4) is 0 Å². The Balaban J connectivity index is 2.03. The summed E-state index contributed by atoms with van der Waals surface area (Å²) in [5, 5.41) is 0.195. The molecular weight excluding hydrogens is 254 g/mol. The van der Waals surface area contributed by atoms with E-state index in [0.29, 0.717) is 6.04 Å². The lowest BCUT2D eigenvalue weighted by Crippen LogP contribution is -2.66. The summed E-state index contributed by atoms with van der Waals surface area (Å²) in [7, 11) is -1.79. The van der Waals surface area contributed by atoms with Gasteiger partial charge in [-0.1, -0.05) is 32.9 Å². The summed E-state index contributed by atoms with van der Waals surface area (Å²) in [6, 6.07) is 0.372. The summed E-state index contributed by atoms with van der Waals surface area (Å²) in [5.41, 5.74) is 0. The summed E-state index contributed by atoms with van der Waals surface area (Å²) in [6.45, 7) is 14.1. The minimum absolute atomic E-state index is 0.0427. The van der Waals surface area contributed by atoms with Gasteiger partial charge in [0, 0.05) is 12.6 Å². The second-order valence-electron chi connectivity index (χ2n) is 7.37. The van der Waals surface area contributed by atoms with Gasteiger partial charge in [-0.15, -0.1) is 0 Å². The SMILES string of the molecule is C[C@@H](O[Si](C)(C)C(C)(C)C)C1C(=O)N2CC=CCC12. The quantitative estimate of drug-likeness (QED) is 0.452. The van der Waals surface area contributed by atoms with Crippen molar-refractivity contribution < 1.29 is 9.22 Å². The molecule has 1 amide bonds. The van der Waals surface area contributed by atoms with E-state index in [9.17, 15) is 4.79 Å². The van der Waals surface area contributed by atoms with Crippen LogP contribution in [0.15, 0.2) is 12.2 Å². The molecule has 19 heavy (non-hydrogen) atoms. The van der Waals surface area contributed by atoms with Crippen LogP contribution in [0.4, 0.5) is 0 Å². The van der Waals surface area contributed by atoms with Crippen LogP contribution in [0.2, 0.25) is 18.1 Å². The highest BCUT2D eigenvalue weighted by molar-refractivity contribution is 6.74. The normalized spacial score (nSPS) is 28.9. The Morgan fingerprint density at radius 2 is 2.00 bits per heavy atom. The first kappa shape index (κ1) is 14.8. The fraction of sp³-hybridized carbons (Fsp3) is 0.800. The molecule has 0 N–H and O–H groups in total. The molecule has 0 bridgehead atoms. The third kappa shape index (κ3) is 2.52. The van der Waals surface area contributed by atoms with Crippen molar-refractivity contribution in [3.63, 3.8) is 0 Å². The van der Waals surface area contributed by atoms with Gasteiger partial charge in [-0.2, -0.15) is 0 Å². The summed E-state index contributed by atoms with van der Waals surface area (Å²) in [4.78, 5) is 14.2. The molecule has 2 unspecified atom stereocenters. The van der Waals surface area contributed by atoms with Crippen LogP contribution in [-0.4, -0.2) is 37.8 Å². The van der Waals surface area contributed by atoms with E-state index in [1.165, 1.54) is 0 Å². The third-order valence-electron chi connectivity index (χ3n) is 5.02. The third-order valence-corrected chi connectivity index (χ3v) is 9.60. The Morgan fingerprint density at radius 3 is 2.58 bits per heavy atom. The second-order valence-corrected chi connectivity index (χ2v) is 12.1. The van der Waals surface area contributed by atoms with Crippen molar-refractivity contribution in [3.8, 4) is 0 Å². The Kier molecular flexibility index (Phi) is 3.69. The minimum Gasteiger partial charge on any atom is -0.413 e. The van der Waals surface area contributed by atoms with Crippen LogP contribution in [0.25, 0.3) is 0 Å². The molecule has 0 aromatic rings. The van der Waals surface area contributed by atoms with Gasteiger partial charge in [0.25, 0.3) is 0 Å². The molecule has 2 heterocycles. The maximum absolute atomic E-state index is 12.2. The first-order valence-corrected chi connectivity index (χ1v) is 10.2. The lowest BCUT2D eigenvalue weighted by Gasteiger charge is -2.52. The first-order valence-electron chi connectivity index (χ1n) is 7.28. The van der Waals surface area contributed by atoms with E-state index in [1.807, 2.05) is 4.90 Å². The van der Waals surface area contributed by atoms with Gasteiger partial charge < -0.3 is 9.33 Å². The standard InChI is InChI=1S/C15H27NO2Si/c1-11(18-19(5,6)15(2,3)4)13-12-9-7-8-10-16(12)14(13)17/h7-8,11-13H,9-10H2,1-6H3/t11-,12?,13?/m1/s1. The number of β-lactam (4-membered cyclic amide) rings is 1. The molecule has 0 aliphatic carbocycles. The molecule has 2 aliphatic heterocycles. The number of hydrogen-bond donors (Lipinski definition) is 0. The average molecular weight is 281 g/mol. The van der Waals surface area contributed by atoms with Crippen LogP contribution < -0.4 is 0 Å². The largest absolute Gasteiger partial charge is 0.413 e. The molecule has 0 spiro atoms. The van der Waals surface area contributed by atoms with E-state index in [4.69, 9.17) is 4.43 Å². The molecule has 0 saturated carbocycles. The summed E-state index contributed by atoms with van der Waals surface area (Å²) in [5.74, 6) is 0.347. The fourth-order valence-electron chi connectivity index (χ4n) is 2.78.